The number of thiophene rings is 1. The maximum absolute atomic E-state index is 5.56. The Morgan fingerprint density at radius 3 is 3.05 bits per heavy atom. The first kappa shape index (κ1) is 14.4. The van der Waals surface area contributed by atoms with E-state index < -0.39 is 0 Å². The number of fused-ring (bicyclic) bond motifs is 1. The molecule has 3 nitrogen and oxygen atoms in total. The van der Waals surface area contributed by atoms with Gasteiger partial charge in [0.2, 0.25) is 0 Å². The molecule has 0 fully saturated rings. The molecule has 1 N–H and O–H groups in total. The first-order valence-corrected chi connectivity index (χ1v) is 8.22. The van der Waals surface area contributed by atoms with Crippen LogP contribution in [0, 0.1) is 0 Å². The Labute approximate surface area is 129 Å². The lowest BCUT2D eigenvalue weighted by atomic mass is 10.0. The van der Waals surface area contributed by atoms with Gasteiger partial charge in [0.05, 0.1) is 13.7 Å². The van der Waals surface area contributed by atoms with Crippen LogP contribution >= 0.6 is 11.3 Å². The maximum atomic E-state index is 5.56. The number of benzene rings is 1. The van der Waals surface area contributed by atoms with Gasteiger partial charge in [-0.2, -0.15) is 0 Å². The second kappa shape index (κ2) is 6.50. The Kier molecular flexibility index (Phi) is 4.46. The third-order valence-corrected chi connectivity index (χ3v) is 5.02. The van der Waals surface area contributed by atoms with Crippen molar-refractivity contribution < 1.29 is 9.47 Å². The lowest BCUT2D eigenvalue weighted by Gasteiger charge is -2.14. The zero-order valence-corrected chi connectivity index (χ0v) is 13.3. The highest BCUT2D eigenvalue weighted by molar-refractivity contribution is 7.10. The standard InChI is InChI=1S/C17H21NO2S/c1-18-15(17-10-14(19-2)11-21-17)5-3-12-4-6-16-13(9-12)7-8-20-16/h4,6,9-11,15,18H,3,5,7-8H2,1-2H3. The second-order valence-corrected chi connectivity index (χ2v) is 6.25. The van der Waals surface area contributed by atoms with Gasteiger partial charge >= 0.3 is 0 Å². The van der Waals surface area contributed by atoms with E-state index in [0.29, 0.717) is 6.04 Å². The molecule has 0 saturated carbocycles. The minimum absolute atomic E-state index is 0.378. The van der Waals surface area contributed by atoms with Gasteiger partial charge in [-0.15, -0.1) is 11.3 Å². The third kappa shape index (κ3) is 3.22. The van der Waals surface area contributed by atoms with Gasteiger partial charge in [-0.05, 0) is 43.1 Å². The molecule has 0 bridgehead atoms. The Morgan fingerprint density at radius 1 is 1.38 bits per heavy atom. The fraction of sp³-hybridized carbons (Fsp3) is 0.412. The van der Waals surface area contributed by atoms with E-state index in [4.69, 9.17) is 9.47 Å². The highest BCUT2D eigenvalue weighted by Crippen LogP contribution is 2.30. The molecule has 2 heterocycles. The minimum atomic E-state index is 0.378. The van der Waals surface area contributed by atoms with Crippen LogP contribution in [-0.2, 0) is 12.8 Å². The summed E-state index contributed by atoms with van der Waals surface area (Å²) >= 11 is 1.75. The molecule has 21 heavy (non-hydrogen) atoms. The average molecular weight is 303 g/mol. The smallest absolute Gasteiger partial charge is 0.129 e. The fourth-order valence-electron chi connectivity index (χ4n) is 2.76. The molecule has 4 heteroatoms. The van der Waals surface area contributed by atoms with Gasteiger partial charge in [-0.25, -0.2) is 0 Å². The normalized spacial score (nSPS) is 14.6. The van der Waals surface area contributed by atoms with Gasteiger partial charge < -0.3 is 14.8 Å². The van der Waals surface area contributed by atoms with Gasteiger partial charge in [0.1, 0.15) is 11.5 Å². The minimum Gasteiger partial charge on any atom is -0.496 e. The molecule has 0 aliphatic carbocycles. The van der Waals surface area contributed by atoms with Crippen molar-refractivity contribution in [2.75, 3.05) is 20.8 Å². The summed E-state index contributed by atoms with van der Waals surface area (Å²) in [6.07, 6.45) is 3.19. The van der Waals surface area contributed by atoms with Crippen LogP contribution in [0.4, 0.5) is 0 Å². The number of aryl methyl sites for hydroxylation is 1. The largest absolute Gasteiger partial charge is 0.496 e. The summed E-state index contributed by atoms with van der Waals surface area (Å²) in [5.41, 5.74) is 2.74. The summed E-state index contributed by atoms with van der Waals surface area (Å²) < 4.78 is 10.8. The molecular weight excluding hydrogens is 282 g/mol. The molecule has 1 aromatic carbocycles. The number of methoxy groups -OCH3 is 1. The van der Waals surface area contributed by atoms with Gasteiger partial charge in [0.25, 0.3) is 0 Å². The molecule has 0 saturated heterocycles. The molecule has 3 rings (SSSR count). The van der Waals surface area contributed by atoms with E-state index in [-0.39, 0.29) is 0 Å². The molecular formula is C17H21NO2S. The van der Waals surface area contributed by atoms with Crippen LogP contribution in [-0.4, -0.2) is 20.8 Å². The molecule has 2 aromatic rings. The summed E-state index contributed by atoms with van der Waals surface area (Å²) in [6, 6.07) is 9.10. The molecule has 0 spiro atoms. The first-order chi connectivity index (χ1) is 10.3. The quantitative estimate of drug-likeness (QED) is 0.884. The highest BCUT2D eigenvalue weighted by Gasteiger charge is 2.15. The van der Waals surface area contributed by atoms with Crippen LogP contribution in [0.25, 0.3) is 0 Å². The van der Waals surface area contributed by atoms with E-state index in [1.54, 1.807) is 18.4 Å². The van der Waals surface area contributed by atoms with Crippen LogP contribution in [0.2, 0.25) is 0 Å². The van der Waals surface area contributed by atoms with E-state index in [1.165, 1.54) is 16.0 Å². The second-order valence-electron chi connectivity index (χ2n) is 5.31. The van der Waals surface area contributed by atoms with E-state index in [0.717, 1.165) is 37.4 Å². The van der Waals surface area contributed by atoms with Gasteiger partial charge in [0, 0.05) is 22.7 Å². The summed E-state index contributed by atoms with van der Waals surface area (Å²) in [5.74, 6) is 2.01. The van der Waals surface area contributed by atoms with Crippen molar-refractivity contribution in [2.24, 2.45) is 0 Å². The van der Waals surface area contributed by atoms with Crippen LogP contribution in [0.15, 0.2) is 29.6 Å². The Balaban J connectivity index is 1.65. The van der Waals surface area contributed by atoms with Crippen molar-refractivity contribution in [3.05, 3.63) is 45.6 Å². The summed E-state index contributed by atoms with van der Waals surface area (Å²) in [6.45, 7) is 0.826. The molecule has 0 amide bonds. The van der Waals surface area contributed by atoms with Crippen molar-refractivity contribution >= 4 is 11.3 Å². The van der Waals surface area contributed by atoms with E-state index in [1.807, 2.05) is 7.05 Å². The van der Waals surface area contributed by atoms with Crippen molar-refractivity contribution in [3.8, 4) is 11.5 Å². The molecule has 1 unspecified atom stereocenters. The van der Waals surface area contributed by atoms with E-state index in [2.05, 4.69) is 35.0 Å². The third-order valence-electron chi connectivity index (χ3n) is 4.00. The van der Waals surface area contributed by atoms with Crippen molar-refractivity contribution in [2.45, 2.75) is 25.3 Å². The number of nitrogens with one attached hydrogen (secondary N) is 1. The van der Waals surface area contributed by atoms with Gasteiger partial charge in [0.15, 0.2) is 0 Å². The van der Waals surface area contributed by atoms with Crippen molar-refractivity contribution in [1.82, 2.24) is 5.32 Å². The number of ether oxygens (including phenoxy) is 2. The van der Waals surface area contributed by atoms with E-state index >= 15 is 0 Å². The lowest BCUT2D eigenvalue weighted by Crippen LogP contribution is -2.15. The highest BCUT2D eigenvalue weighted by atomic mass is 32.1. The SMILES string of the molecule is CNC(CCc1ccc2c(c1)CCO2)c1cc(OC)cs1. The first-order valence-electron chi connectivity index (χ1n) is 7.34. The van der Waals surface area contributed by atoms with Gasteiger partial charge in [-0.3, -0.25) is 0 Å². The number of rotatable bonds is 6. The Morgan fingerprint density at radius 2 is 2.29 bits per heavy atom. The topological polar surface area (TPSA) is 30.5 Å². The monoisotopic (exact) mass is 303 g/mol. The lowest BCUT2D eigenvalue weighted by molar-refractivity contribution is 0.357. The van der Waals surface area contributed by atoms with Crippen molar-refractivity contribution in [3.63, 3.8) is 0 Å². The number of hydrogen-bond donors (Lipinski definition) is 1. The Bertz CT molecular complexity index is 609. The summed E-state index contributed by atoms with van der Waals surface area (Å²) in [4.78, 5) is 1.33. The predicted octanol–water partition coefficient (Wildman–Crippen LogP) is 3.58. The summed E-state index contributed by atoms with van der Waals surface area (Å²) in [7, 11) is 3.74. The predicted molar refractivity (Wildman–Crippen MR) is 86.6 cm³/mol. The molecule has 1 aliphatic rings. The maximum Gasteiger partial charge on any atom is 0.129 e. The molecule has 1 atom stereocenters. The zero-order chi connectivity index (χ0) is 14.7. The Hall–Kier alpha value is -1.52. The van der Waals surface area contributed by atoms with Crippen molar-refractivity contribution in [1.29, 1.82) is 0 Å². The average Bonchev–Trinajstić information content (AvgIpc) is 3.16. The van der Waals surface area contributed by atoms with Crippen LogP contribution in [0.5, 0.6) is 11.5 Å². The molecule has 0 radical (unpaired) electrons. The van der Waals surface area contributed by atoms with E-state index in [9.17, 15) is 0 Å². The van der Waals surface area contributed by atoms with Crippen LogP contribution in [0.3, 0.4) is 0 Å². The molecule has 112 valence electrons. The molecule has 1 aliphatic heterocycles. The van der Waals surface area contributed by atoms with Gasteiger partial charge in [-0.1, -0.05) is 12.1 Å². The summed E-state index contributed by atoms with van der Waals surface area (Å²) in [5, 5.41) is 5.47. The number of hydrogen-bond acceptors (Lipinski definition) is 4. The zero-order valence-electron chi connectivity index (χ0n) is 12.5. The van der Waals surface area contributed by atoms with Crippen LogP contribution in [0.1, 0.15) is 28.5 Å². The van der Waals surface area contributed by atoms with Crippen LogP contribution < -0.4 is 14.8 Å². The fourth-order valence-corrected chi connectivity index (χ4v) is 3.76. The molecule has 1 aromatic heterocycles.